The largest absolute Gasteiger partial charge is 0.390 e. The zero-order chi connectivity index (χ0) is 32.5. The second kappa shape index (κ2) is 10.3. The number of hydrogen-bond acceptors (Lipinski definition) is 8. The number of morpholine rings is 1. The number of rotatable bonds is 6. The number of nitrogens with two attached hydrogens (primary N) is 2. The summed E-state index contributed by atoms with van der Waals surface area (Å²) >= 11 is 0. The van der Waals surface area contributed by atoms with E-state index in [2.05, 4.69) is 32.6 Å². The molecule has 0 aromatic heterocycles. The van der Waals surface area contributed by atoms with Crippen molar-refractivity contribution in [2.45, 2.75) is 154 Å². The topological polar surface area (TPSA) is 140 Å². The summed E-state index contributed by atoms with van der Waals surface area (Å²) in [6.07, 6.45) is 7.89. The smallest absolute Gasteiger partial charge is 0.234 e. The molecule has 2 saturated heterocycles. The first kappa shape index (κ1) is 32.7. The van der Waals surface area contributed by atoms with Crippen LogP contribution in [0.3, 0.4) is 0 Å². The van der Waals surface area contributed by atoms with Gasteiger partial charge < -0.3 is 35.9 Å². The number of hydrogen-bond donors (Lipinski definition) is 4. The van der Waals surface area contributed by atoms with E-state index in [9.17, 15) is 15.0 Å². The molecule has 7 fully saturated rings. The third-order valence-corrected chi connectivity index (χ3v) is 15.4. The van der Waals surface area contributed by atoms with Crippen LogP contribution in [0, 0.1) is 45.3 Å². The van der Waals surface area contributed by atoms with E-state index in [-0.39, 0.29) is 70.0 Å². The molecule has 45 heavy (non-hydrogen) atoms. The number of carbonyl (C=O) groups is 1. The number of ether oxygens (including phenoxy) is 3. The van der Waals surface area contributed by atoms with Crippen molar-refractivity contribution in [1.29, 1.82) is 0 Å². The molecule has 0 aromatic carbocycles. The first-order chi connectivity index (χ1) is 20.9. The summed E-state index contributed by atoms with van der Waals surface area (Å²) in [5, 5.41) is 22.9. The van der Waals surface area contributed by atoms with Crippen LogP contribution in [-0.2, 0) is 19.0 Å². The van der Waals surface area contributed by atoms with Crippen molar-refractivity contribution in [3.8, 4) is 0 Å². The van der Waals surface area contributed by atoms with E-state index in [1.807, 2.05) is 20.8 Å². The summed E-state index contributed by atoms with van der Waals surface area (Å²) in [4.78, 5) is 13.9. The zero-order valence-electron chi connectivity index (χ0n) is 28.9. The van der Waals surface area contributed by atoms with Gasteiger partial charge in [-0.15, -0.1) is 0 Å². The zero-order valence-corrected chi connectivity index (χ0v) is 28.9. The SMILES string of the molecule is CC1CC(CC(C)(C)O)OC2C1C1(C)CCC34CC35CCC(OC3CN(C(C)C(N)=O)CCO3)C(C)(C)C5CCC4C1(N)C2O. The highest BCUT2D eigenvalue weighted by Crippen LogP contribution is 2.87. The summed E-state index contributed by atoms with van der Waals surface area (Å²) in [5.74, 6) is 1.12. The maximum atomic E-state index is 12.3. The molecule has 14 unspecified atom stereocenters. The molecule has 2 heterocycles. The lowest BCUT2D eigenvalue weighted by Crippen LogP contribution is -2.70. The van der Waals surface area contributed by atoms with Crippen molar-refractivity contribution in [1.82, 2.24) is 4.90 Å². The van der Waals surface area contributed by atoms with Gasteiger partial charge >= 0.3 is 0 Å². The first-order valence-electron chi connectivity index (χ1n) is 18.1. The van der Waals surface area contributed by atoms with Gasteiger partial charge in [0.2, 0.25) is 5.91 Å². The van der Waals surface area contributed by atoms with Gasteiger partial charge in [-0.2, -0.15) is 0 Å². The van der Waals surface area contributed by atoms with Crippen molar-refractivity contribution in [2.75, 3.05) is 19.7 Å². The Kier molecular flexibility index (Phi) is 7.53. The highest BCUT2D eigenvalue weighted by Gasteiger charge is 2.85. The number of fused-ring (bicyclic) bond motifs is 4. The van der Waals surface area contributed by atoms with Crippen LogP contribution in [0.4, 0.5) is 0 Å². The Morgan fingerprint density at radius 1 is 1.11 bits per heavy atom. The fraction of sp³-hybridized carbons (Fsp3) is 0.972. The van der Waals surface area contributed by atoms with Crippen molar-refractivity contribution in [3.63, 3.8) is 0 Å². The van der Waals surface area contributed by atoms with E-state index in [1.165, 1.54) is 12.8 Å². The molecule has 5 saturated carbocycles. The highest BCUT2D eigenvalue weighted by atomic mass is 16.7. The van der Waals surface area contributed by atoms with Crippen molar-refractivity contribution in [3.05, 3.63) is 0 Å². The summed E-state index contributed by atoms with van der Waals surface area (Å²) in [6.45, 7) is 16.9. The van der Waals surface area contributed by atoms with Gasteiger partial charge in [-0.3, -0.25) is 9.69 Å². The minimum Gasteiger partial charge on any atom is -0.390 e. The minimum absolute atomic E-state index is 0.0274. The number of aliphatic hydroxyl groups is 2. The molecule has 14 atom stereocenters. The Balaban J connectivity index is 1.11. The number of carbonyl (C=O) groups excluding carboxylic acids is 1. The van der Waals surface area contributed by atoms with Crippen LogP contribution in [0.5, 0.6) is 0 Å². The van der Waals surface area contributed by atoms with Crippen LogP contribution in [0.25, 0.3) is 0 Å². The lowest BCUT2D eigenvalue weighted by molar-refractivity contribution is -0.248. The van der Waals surface area contributed by atoms with Crippen LogP contribution in [0.1, 0.15) is 106 Å². The van der Waals surface area contributed by atoms with E-state index in [1.54, 1.807) is 0 Å². The van der Waals surface area contributed by atoms with Gasteiger partial charge in [0.05, 0.1) is 54.7 Å². The molecule has 7 aliphatic rings. The Morgan fingerprint density at radius 3 is 2.49 bits per heavy atom. The summed E-state index contributed by atoms with van der Waals surface area (Å²) in [6, 6.07) is -0.333. The number of aliphatic hydroxyl groups excluding tert-OH is 1. The van der Waals surface area contributed by atoms with Gasteiger partial charge in [-0.1, -0.05) is 27.7 Å². The van der Waals surface area contributed by atoms with Gasteiger partial charge in [0.15, 0.2) is 6.29 Å². The first-order valence-corrected chi connectivity index (χ1v) is 18.1. The van der Waals surface area contributed by atoms with Crippen LogP contribution in [0.15, 0.2) is 0 Å². The molecule has 7 rings (SSSR count). The number of nitrogens with zero attached hydrogens (tertiary/aromatic N) is 1. The molecule has 2 aliphatic heterocycles. The van der Waals surface area contributed by atoms with Crippen LogP contribution < -0.4 is 11.5 Å². The Hall–Kier alpha value is -0.810. The highest BCUT2D eigenvalue weighted by molar-refractivity contribution is 5.79. The lowest BCUT2D eigenvalue weighted by atomic mass is 9.43. The molecule has 1 amide bonds. The Morgan fingerprint density at radius 2 is 1.80 bits per heavy atom. The van der Waals surface area contributed by atoms with E-state index < -0.39 is 17.2 Å². The Bertz CT molecular complexity index is 1190. The van der Waals surface area contributed by atoms with Crippen LogP contribution >= 0.6 is 0 Å². The second-order valence-corrected chi connectivity index (χ2v) is 18.3. The average Bonchev–Trinajstić information content (AvgIpc) is 3.58. The molecule has 9 nitrogen and oxygen atoms in total. The second-order valence-electron chi connectivity index (χ2n) is 18.3. The summed E-state index contributed by atoms with van der Waals surface area (Å²) < 4.78 is 19.6. The van der Waals surface area contributed by atoms with Crippen molar-refractivity contribution < 1.29 is 29.2 Å². The fourth-order valence-electron chi connectivity index (χ4n) is 13.4. The maximum Gasteiger partial charge on any atom is 0.234 e. The number of amides is 1. The third-order valence-electron chi connectivity index (χ3n) is 15.4. The molecule has 0 bridgehead atoms. The molecule has 5 aliphatic carbocycles. The molecule has 9 heteroatoms. The van der Waals surface area contributed by atoms with Crippen molar-refractivity contribution in [2.24, 2.45) is 56.8 Å². The molecular weight excluding hydrogens is 570 g/mol. The summed E-state index contributed by atoms with van der Waals surface area (Å²) in [7, 11) is 0. The van der Waals surface area contributed by atoms with Crippen LogP contribution in [-0.4, -0.2) is 88.6 Å². The van der Waals surface area contributed by atoms with Gasteiger partial charge in [-0.05, 0) is 117 Å². The summed E-state index contributed by atoms with van der Waals surface area (Å²) in [5.41, 5.74) is 12.1. The van der Waals surface area contributed by atoms with Gasteiger partial charge in [0.1, 0.15) is 0 Å². The fourth-order valence-corrected chi connectivity index (χ4v) is 13.4. The van der Waals surface area contributed by atoms with E-state index in [0.717, 1.165) is 38.5 Å². The molecule has 6 N–H and O–H groups in total. The molecule has 0 radical (unpaired) electrons. The Labute approximate surface area is 270 Å². The quantitative estimate of drug-likeness (QED) is 0.349. The van der Waals surface area contributed by atoms with Gasteiger partial charge in [0.25, 0.3) is 0 Å². The number of primary amides is 1. The molecule has 256 valence electrons. The predicted molar refractivity (Wildman–Crippen MR) is 171 cm³/mol. The average molecular weight is 632 g/mol. The van der Waals surface area contributed by atoms with E-state index >= 15 is 0 Å². The standard InChI is InChI=1S/C36H61N3O6/c1-20-16-22(17-31(3,4)42)44-28-27(20)33(7)12-13-35-19-34(35)11-10-25(45-26-18-39(14-15-43-26)21(2)30(37)41)32(5,6)23(34)8-9-24(35)36(33,38)29(28)40/h20-29,40,42H,8-19,38H2,1-7H3,(H2,37,41). The molecule has 2 spiro atoms. The normalized spacial score (nSPS) is 52.9. The van der Waals surface area contributed by atoms with Gasteiger partial charge in [-0.25, -0.2) is 0 Å². The molecule has 0 aromatic rings. The van der Waals surface area contributed by atoms with Gasteiger partial charge in [0, 0.05) is 13.0 Å². The maximum absolute atomic E-state index is 12.3. The lowest BCUT2D eigenvalue weighted by Gasteiger charge is -2.63. The monoisotopic (exact) mass is 631 g/mol. The minimum atomic E-state index is -0.805. The van der Waals surface area contributed by atoms with Crippen molar-refractivity contribution >= 4 is 5.91 Å². The third kappa shape index (κ3) is 4.46. The predicted octanol–water partition coefficient (Wildman–Crippen LogP) is 3.57. The van der Waals surface area contributed by atoms with Crippen LogP contribution in [0.2, 0.25) is 0 Å². The van der Waals surface area contributed by atoms with E-state index in [0.29, 0.717) is 38.0 Å². The van der Waals surface area contributed by atoms with E-state index in [4.69, 9.17) is 25.7 Å². The molecular formula is C36H61N3O6.